The second kappa shape index (κ2) is 4.93. The van der Waals surface area contributed by atoms with Crippen LogP contribution in [0, 0.1) is 5.82 Å². The van der Waals surface area contributed by atoms with Crippen molar-refractivity contribution in [1.29, 1.82) is 0 Å². The standard InChI is InChI=1S/C13H18FNO/c1-2-4-11-8-12(15-11)13(16)9-5-3-6-10(14)7-9/h3,5-7,11-13,15-16H,2,4,8H2,1H3/t11-,12-,13+/m1/s1. The van der Waals surface area contributed by atoms with Gasteiger partial charge in [-0.05, 0) is 30.5 Å². The Morgan fingerprint density at radius 1 is 1.56 bits per heavy atom. The maximum Gasteiger partial charge on any atom is 0.123 e. The fourth-order valence-corrected chi connectivity index (χ4v) is 2.28. The van der Waals surface area contributed by atoms with Crippen molar-refractivity contribution in [1.82, 2.24) is 5.32 Å². The summed E-state index contributed by atoms with van der Waals surface area (Å²) in [4.78, 5) is 0. The van der Waals surface area contributed by atoms with Crippen LogP contribution in [0.1, 0.15) is 37.9 Å². The zero-order valence-corrected chi connectivity index (χ0v) is 9.49. The van der Waals surface area contributed by atoms with Gasteiger partial charge in [-0.15, -0.1) is 0 Å². The molecule has 0 bridgehead atoms. The lowest BCUT2D eigenvalue weighted by Gasteiger charge is -2.40. The van der Waals surface area contributed by atoms with Gasteiger partial charge in [0.25, 0.3) is 0 Å². The molecule has 0 radical (unpaired) electrons. The number of nitrogens with one attached hydrogen (secondary N) is 1. The van der Waals surface area contributed by atoms with Gasteiger partial charge in [0, 0.05) is 12.1 Å². The molecule has 1 aromatic rings. The monoisotopic (exact) mass is 223 g/mol. The number of aliphatic hydroxyl groups excluding tert-OH is 1. The molecular weight excluding hydrogens is 205 g/mol. The smallest absolute Gasteiger partial charge is 0.123 e. The van der Waals surface area contributed by atoms with Gasteiger partial charge in [-0.3, -0.25) is 0 Å². The maximum atomic E-state index is 13.0. The van der Waals surface area contributed by atoms with Gasteiger partial charge in [-0.25, -0.2) is 4.39 Å². The summed E-state index contributed by atoms with van der Waals surface area (Å²) in [6.45, 7) is 2.15. The fourth-order valence-electron chi connectivity index (χ4n) is 2.28. The van der Waals surface area contributed by atoms with Gasteiger partial charge >= 0.3 is 0 Å². The largest absolute Gasteiger partial charge is 0.387 e. The number of rotatable bonds is 4. The van der Waals surface area contributed by atoms with Crippen LogP contribution in [0.3, 0.4) is 0 Å². The average molecular weight is 223 g/mol. The maximum absolute atomic E-state index is 13.0. The predicted octanol–water partition coefficient (Wildman–Crippen LogP) is 2.39. The highest BCUT2D eigenvalue weighted by Gasteiger charge is 2.33. The molecule has 1 saturated heterocycles. The molecule has 1 aliphatic heterocycles. The van der Waals surface area contributed by atoms with Crippen molar-refractivity contribution in [3.05, 3.63) is 35.6 Å². The van der Waals surface area contributed by atoms with E-state index in [-0.39, 0.29) is 11.9 Å². The van der Waals surface area contributed by atoms with Crippen molar-refractivity contribution in [2.75, 3.05) is 0 Å². The Hall–Kier alpha value is -0.930. The van der Waals surface area contributed by atoms with Gasteiger partial charge < -0.3 is 10.4 Å². The van der Waals surface area contributed by atoms with E-state index >= 15 is 0 Å². The minimum atomic E-state index is -0.594. The third-order valence-corrected chi connectivity index (χ3v) is 3.20. The van der Waals surface area contributed by atoms with E-state index in [4.69, 9.17) is 0 Å². The summed E-state index contributed by atoms with van der Waals surface area (Å²) >= 11 is 0. The summed E-state index contributed by atoms with van der Waals surface area (Å²) in [5, 5.41) is 13.3. The lowest BCUT2D eigenvalue weighted by Crippen LogP contribution is -2.55. The number of aliphatic hydroxyl groups is 1. The molecule has 0 spiro atoms. The lowest BCUT2D eigenvalue weighted by molar-refractivity contribution is 0.0673. The molecule has 0 aliphatic carbocycles. The molecule has 1 heterocycles. The Morgan fingerprint density at radius 3 is 2.94 bits per heavy atom. The second-order valence-electron chi connectivity index (χ2n) is 4.49. The third kappa shape index (κ3) is 2.42. The molecule has 2 nitrogen and oxygen atoms in total. The normalized spacial score (nSPS) is 26.2. The molecule has 3 atom stereocenters. The lowest BCUT2D eigenvalue weighted by atomic mass is 9.87. The van der Waals surface area contributed by atoms with Crippen molar-refractivity contribution in [2.24, 2.45) is 0 Å². The summed E-state index contributed by atoms with van der Waals surface area (Å²) in [5.74, 6) is -0.291. The fraction of sp³-hybridized carbons (Fsp3) is 0.538. The van der Waals surface area contributed by atoms with E-state index in [9.17, 15) is 9.50 Å². The summed E-state index contributed by atoms with van der Waals surface area (Å²) in [7, 11) is 0. The minimum Gasteiger partial charge on any atom is -0.387 e. The number of halogens is 1. The Bertz CT molecular complexity index is 350. The van der Waals surface area contributed by atoms with Crippen molar-refractivity contribution >= 4 is 0 Å². The van der Waals surface area contributed by atoms with Crippen LogP contribution in [0.2, 0.25) is 0 Å². The highest BCUT2D eigenvalue weighted by atomic mass is 19.1. The van der Waals surface area contributed by atoms with Crippen molar-refractivity contribution < 1.29 is 9.50 Å². The van der Waals surface area contributed by atoms with Crippen LogP contribution in [0.15, 0.2) is 24.3 Å². The Balaban J connectivity index is 1.92. The first-order valence-corrected chi connectivity index (χ1v) is 5.90. The van der Waals surface area contributed by atoms with E-state index < -0.39 is 6.10 Å². The summed E-state index contributed by atoms with van der Waals surface area (Å²) < 4.78 is 13.0. The van der Waals surface area contributed by atoms with Gasteiger partial charge in [-0.1, -0.05) is 25.5 Å². The zero-order chi connectivity index (χ0) is 11.5. The molecular formula is C13H18FNO. The molecule has 0 aromatic heterocycles. The van der Waals surface area contributed by atoms with E-state index in [2.05, 4.69) is 12.2 Å². The van der Waals surface area contributed by atoms with E-state index in [1.54, 1.807) is 12.1 Å². The second-order valence-corrected chi connectivity index (χ2v) is 4.49. The van der Waals surface area contributed by atoms with Crippen LogP contribution in [0.4, 0.5) is 4.39 Å². The quantitative estimate of drug-likeness (QED) is 0.821. The zero-order valence-electron chi connectivity index (χ0n) is 9.49. The molecule has 88 valence electrons. The van der Waals surface area contributed by atoms with Crippen molar-refractivity contribution in [2.45, 2.75) is 44.4 Å². The van der Waals surface area contributed by atoms with E-state index in [0.717, 1.165) is 19.3 Å². The summed E-state index contributed by atoms with van der Waals surface area (Å²) in [6.07, 6.45) is 2.68. The molecule has 0 saturated carbocycles. The van der Waals surface area contributed by atoms with E-state index in [0.29, 0.717) is 11.6 Å². The SMILES string of the molecule is CCC[C@@H]1C[C@H]([C@@H](O)c2cccc(F)c2)N1. The summed E-state index contributed by atoms with van der Waals surface area (Å²) in [6, 6.07) is 6.80. The van der Waals surface area contributed by atoms with Crippen LogP contribution in [-0.2, 0) is 0 Å². The highest BCUT2D eigenvalue weighted by Crippen LogP contribution is 2.28. The Labute approximate surface area is 95.5 Å². The van der Waals surface area contributed by atoms with E-state index in [1.807, 2.05) is 0 Å². The Kier molecular flexibility index (Phi) is 3.56. The molecule has 1 fully saturated rings. The summed E-state index contributed by atoms with van der Waals surface area (Å²) in [5.41, 5.74) is 0.660. The third-order valence-electron chi connectivity index (χ3n) is 3.20. The molecule has 2 N–H and O–H groups in total. The molecule has 2 rings (SSSR count). The van der Waals surface area contributed by atoms with Crippen molar-refractivity contribution in [3.8, 4) is 0 Å². The van der Waals surface area contributed by atoms with Gasteiger partial charge in [-0.2, -0.15) is 0 Å². The molecule has 1 aliphatic rings. The molecule has 0 unspecified atom stereocenters. The molecule has 16 heavy (non-hydrogen) atoms. The van der Waals surface area contributed by atoms with Crippen LogP contribution in [-0.4, -0.2) is 17.2 Å². The first-order valence-electron chi connectivity index (χ1n) is 5.90. The molecule has 0 amide bonds. The van der Waals surface area contributed by atoms with Crippen molar-refractivity contribution in [3.63, 3.8) is 0 Å². The molecule has 1 aromatic carbocycles. The van der Waals surface area contributed by atoms with Crippen LogP contribution in [0.5, 0.6) is 0 Å². The number of benzene rings is 1. The van der Waals surface area contributed by atoms with E-state index in [1.165, 1.54) is 12.1 Å². The Morgan fingerprint density at radius 2 is 2.31 bits per heavy atom. The topological polar surface area (TPSA) is 32.3 Å². The van der Waals surface area contributed by atoms with Crippen LogP contribution >= 0.6 is 0 Å². The molecule has 3 heteroatoms. The first kappa shape index (κ1) is 11.6. The van der Waals surface area contributed by atoms with Gasteiger partial charge in [0.1, 0.15) is 5.82 Å². The average Bonchev–Trinajstić information content (AvgIpc) is 2.22. The van der Waals surface area contributed by atoms with Crippen LogP contribution in [0.25, 0.3) is 0 Å². The van der Waals surface area contributed by atoms with Crippen LogP contribution < -0.4 is 5.32 Å². The minimum absolute atomic E-state index is 0.0818. The predicted molar refractivity (Wildman–Crippen MR) is 61.6 cm³/mol. The van der Waals surface area contributed by atoms with Gasteiger partial charge in [0.15, 0.2) is 0 Å². The van der Waals surface area contributed by atoms with Gasteiger partial charge in [0.2, 0.25) is 0 Å². The first-order chi connectivity index (χ1) is 7.70. The highest BCUT2D eigenvalue weighted by molar-refractivity contribution is 5.21. The number of hydrogen-bond acceptors (Lipinski definition) is 2. The number of hydrogen-bond donors (Lipinski definition) is 2. The van der Waals surface area contributed by atoms with Gasteiger partial charge in [0.05, 0.1) is 6.10 Å².